The van der Waals surface area contributed by atoms with E-state index in [4.69, 9.17) is 11.6 Å². The van der Waals surface area contributed by atoms with Gasteiger partial charge in [0.25, 0.3) is 0 Å². The van der Waals surface area contributed by atoms with E-state index < -0.39 is 18.0 Å². The van der Waals surface area contributed by atoms with Crippen LogP contribution in [0.5, 0.6) is 0 Å². The Bertz CT molecular complexity index is 607. The summed E-state index contributed by atoms with van der Waals surface area (Å²) in [5.74, 6) is -2.81. The predicted molar refractivity (Wildman–Crippen MR) is 83.5 cm³/mol. The molecule has 0 saturated carbocycles. The van der Waals surface area contributed by atoms with Crippen molar-refractivity contribution in [3.63, 3.8) is 0 Å². The Kier molecular flexibility index (Phi) is 6.10. The Morgan fingerprint density at radius 1 is 1.33 bits per heavy atom. The zero-order chi connectivity index (χ0) is 17.7. The molecule has 1 unspecified atom stereocenters. The molecule has 1 fully saturated rings. The number of alkyl halides is 3. The summed E-state index contributed by atoms with van der Waals surface area (Å²) in [5, 5.41) is 3.32. The smallest absolute Gasteiger partial charge is 0.355 e. The van der Waals surface area contributed by atoms with Gasteiger partial charge >= 0.3 is 12.1 Å². The van der Waals surface area contributed by atoms with Gasteiger partial charge < -0.3 is 10.2 Å². The fraction of sp³-hybridized carbons (Fsp3) is 0.500. The van der Waals surface area contributed by atoms with Crippen molar-refractivity contribution in [2.24, 2.45) is 5.92 Å². The molecule has 2 amide bonds. The number of benzene rings is 1. The van der Waals surface area contributed by atoms with Crippen molar-refractivity contribution in [1.82, 2.24) is 10.2 Å². The first-order valence-electron chi connectivity index (χ1n) is 7.65. The van der Waals surface area contributed by atoms with E-state index in [1.54, 1.807) is 18.2 Å². The first-order valence-corrected chi connectivity index (χ1v) is 8.03. The zero-order valence-electron chi connectivity index (χ0n) is 12.9. The summed E-state index contributed by atoms with van der Waals surface area (Å²) in [6, 6.07) is 7.22. The Labute approximate surface area is 143 Å². The Morgan fingerprint density at radius 2 is 2.08 bits per heavy atom. The molecule has 1 saturated heterocycles. The normalized spacial score (nSPS) is 18.3. The number of hydrogen-bond acceptors (Lipinski definition) is 2. The maximum absolute atomic E-state index is 12.5. The number of halogens is 4. The molecule has 1 atom stereocenters. The average molecular weight is 363 g/mol. The quantitative estimate of drug-likeness (QED) is 0.895. The lowest BCUT2D eigenvalue weighted by Crippen LogP contribution is -2.49. The fourth-order valence-electron chi connectivity index (χ4n) is 2.72. The van der Waals surface area contributed by atoms with E-state index in [2.05, 4.69) is 5.32 Å². The van der Waals surface area contributed by atoms with E-state index in [1.165, 1.54) is 0 Å². The number of hydrogen-bond donors (Lipinski definition) is 1. The molecule has 1 heterocycles. The van der Waals surface area contributed by atoms with Gasteiger partial charge in [-0.2, -0.15) is 13.2 Å². The molecule has 0 bridgehead atoms. The number of carbonyl (C=O) groups is 2. The summed E-state index contributed by atoms with van der Waals surface area (Å²) in [7, 11) is 0. The standard InChI is InChI=1S/C16H18ClF3N2O2/c17-13-5-1-3-11(9-13)6-7-21-14(23)12-4-2-8-22(10-12)15(24)16(18,19)20/h1,3,5,9,12H,2,4,6-8,10H2,(H,21,23). The van der Waals surface area contributed by atoms with Gasteiger partial charge in [-0.05, 0) is 37.0 Å². The van der Waals surface area contributed by atoms with Gasteiger partial charge in [0.2, 0.25) is 5.91 Å². The van der Waals surface area contributed by atoms with Gasteiger partial charge in [-0.1, -0.05) is 23.7 Å². The molecular formula is C16H18ClF3N2O2. The first kappa shape index (κ1) is 18.6. The van der Waals surface area contributed by atoms with Crippen LogP contribution < -0.4 is 5.32 Å². The van der Waals surface area contributed by atoms with Gasteiger partial charge in [-0.3, -0.25) is 9.59 Å². The van der Waals surface area contributed by atoms with E-state index in [-0.39, 0.29) is 19.0 Å². The maximum atomic E-state index is 12.5. The molecule has 2 rings (SSSR count). The molecule has 4 nitrogen and oxygen atoms in total. The highest BCUT2D eigenvalue weighted by Gasteiger charge is 2.44. The highest BCUT2D eigenvalue weighted by molar-refractivity contribution is 6.30. The third-order valence-electron chi connectivity index (χ3n) is 3.92. The van der Waals surface area contributed by atoms with E-state index in [1.807, 2.05) is 6.07 Å². The van der Waals surface area contributed by atoms with Crippen LogP contribution in [0.1, 0.15) is 18.4 Å². The highest BCUT2D eigenvalue weighted by Crippen LogP contribution is 2.24. The minimum absolute atomic E-state index is 0.0324. The maximum Gasteiger partial charge on any atom is 0.471 e. The second-order valence-electron chi connectivity index (χ2n) is 5.76. The first-order chi connectivity index (χ1) is 11.3. The van der Waals surface area contributed by atoms with Gasteiger partial charge in [0.1, 0.15) is 0 Å². The summed E-state index contributed by atoms with van der Waals surface area (Å²) < 4.78 is 37.4. The van der Waals surface area contributed by atoms with Crippen LogP contribution in [0.4, 0.5) is 13.2 Å². The molecule has 1 aromatic carbocycles. The molecule has 24 heavy (non-hydrogen) atoms. The lowest BCUT2D eigenvalue weighted by atomic mass is 9.97. The summed E-state index contributed by atoms with van der Waals surface area (Å²) in [6.07, 6.45) is -3.46. The number of piperidine rings is 1. The zero-order valence-corrected chi connectivity index (χ0v) is 13.7. The summed E-state index contributed by atoms with van der Waals surface area (Å²) in [6.45, 7) is 0.203. The van der Waals surface area contributed by atoms with Crippen molar-refractivity contribution < 1.29 is 22.8 Å². The van der Waals surface area contributed by atoms with Crippen molar-refractivity contribution in [3.05, 3.63) is 34.9 Å². The van der Waals surface area contributed by atoms with Gasteiger partial charge in [0.15, 0.2) is 0 Å². The van der Waals surface area contributed by atoms with Crippen molar-refractivity contribution in [2.45, 2.75) is 25.4 Å². The Hall–Kier alpha value is -1.76. The molecule has 1 aliphatic heterocycles. The third kappa shape index (κ3) is 5.12. The van der Waals surface area contributed by atoms with Gasteiger partial charge in [0, 0.05) is 24.7 Å². The predicted octanol–water partition coefficient (Wildman–Crippen LogP) is 2.80. The summed E-state index contributed by atoms with van der Waals surface area (Å²) in [5.41, 5.74) is 0.959. The van der Waals surface area contributed by atoms with Gasteiger partial charge in [0.05, 0.1) is 5.92 Å². The van der Waals surface area contributed by atoms with Crippen molar-refractivity contribution >= 4 is 23.4 Å². The van der Waals surface area contributed by atoms with Crippen molar-refractivity contribution in [1.29, 1.82) is 0 Å². The number of nitrogens with one attached hydrogen (secondary N) is 1. The lowest BCUT2D eigenvalue weighted by Gasteiger charge is -2.32. The second-order valence-corrected chi connectivity index (χ2v) is 6.20. The Balaban J connectivity index is 1.82. The second kappa shape index (κ2) is 7.88. The van der Waals surface area contributed by atoms with Crippen molar-refractivity contribution in [3.8, 4) is 0 Å². The largest absolute Gasteiger partial charge is 0.471 e. The number of nitrogens with zero attached hydrogens (tertiary/aromatic N) is 1. The van der Waals surface area contributed by atoms with Crippen molar-refractivity contribution in [2.75, 3.05) is 19.6 Å². The van der Waals surface area contributed by atoms with Crippen LogP contribution in [0.25, 0.3) is 0 Å². The summed E-state index contributed by atoms with van der Waals surface area (Å²) in [4.78, 5) is 24.1. The van der Waals surface area contributed by atoms with E-state index in [9.17, 15) is 22.8 Å². The monoisotopic (exact) mass is 362 g/mol. The summed E-state index contributed by atoms with van der Waals surface area (Å²) >= 11 is 5.87. The van der Waals surface area contributed by atoms with E-state index in [0.29, 0.717) is 35.7 Å². The molecule has 132 valence electrons. The van der Waals surface area contributed by atoms with Crippen LogP contribution in [0.15, 0.2) is 24.3 Å². The number of likely N-dealkylation sites (tertiary alicyclic amines) is 1. The molecule has 8 heteroatoms. The lowest BCUT2D eigenvalue weighted by molar-refractivity contribution is -0.187. The minimum atomic E-state index is -4.90. The molecule has 0 spiro atoms. The molecule has 1 aliphatic rings. The highest BCUT2D eigenvalue weighted by atomic mass is 35.5. The van der Waals surface area contributed by atoms with Gasteiger partial charge in [-0.15, -0.1) is 0 Å². The molecule has 0 aromatic heterocycles. The molecule has 0 radical (unpaired) electrons. The van der Waals surface area contributed by atoms with E-state index in [0.717, 1.165) is 5.56 Å². The van der Waals surface area contributed by atoms with Gasteiger partial charge in [-0.25, -0.2) is 0 Å². The van der Waals surface area contributed by atoms with Crippen LogP contribution in [0, 0.1) is 5.92 Å². The fourth-order valence-corrected chi connectivity index (χ4v) is 2.93. The van der Waals surface area contributed by atoms with Crippen LogP contribution in [-0.4, -0.2) is 42.5 Å². The number of rotatable bonds is 4. The number of amides is 2. The van der Waals surface area contributed by atoms with Crippen LogP contribution in [-0.2, 0) is 16.0 Å². The Morgan fingerprint density at radius 3 is 2.75 bits per heavy atom. The SMILES string of the molecule is O=C(NCCc1cccc(Cl)c1)C1CCCN(C(=O)C(F)(F)F)C1. The van der Waals surface area contributed by atoms with Crippen LogP contribution >= 0.6 is 11.6 Å². The third-order valence-corrected chi connectivity index (χ3v) is 4.16. The minimum Gasteiger partial charge on any atom is -0.355 e. The molecule has 0 aliphatic carbocycles. The average Bonchev–Trinajstić information content (AvgIpc) is 2.53. The van der Waals surface area contributed by atoms with E-state index >= 15 is 0 Å². The van der Waals surface area contributed by atoms with Crippen LogP contribution in [0.3, 0.4) is 0 Å². The van der Waals surface area contributed by atoms with Crippen LogP contribution in [0.2, 0.25) is 5.02 Å². The topological polar surface area (TPSA) is 49.4 Å². The molecule has 1 aromatic rings. The molecular weight excluding hydrogens is 345 g/mol. The molecule has 1 N–H and O–H groups in total. The number of carbonyl (C=O) groups excluding carboxylic acids is 2.